The van der Waals surface area contributed by atoms with E-state index in [2.05, 4.69) is 0 Å². The number of nitrogens with zero attached hydrogens (tertiary/aromatic N) is 1. The molecule has 0 spiro atoms. The lowest BCUT2D eigenvalue weighted by molar-refractivity contribution is 0.0646. The van der Waals surface area contributed by atoms with Crippen molar-refractivity contribution in [2.45, 2.75) is 19.3 Å². The van der Waals surface area contributed by atoms with Crippen molar-refractivity contribution in [1.82, 2.24) is 4.90 Å². The zero-order valence-corrected chi connectivity index (χ0v) is 9.26. The summed E-state index contributed by atoms with van der Waals surface area (Å²) >= 11 is 0. The Morgan fingerprint density at radius 3 is 2.81 bits per heavy atom. The number of amides is 1. The number of aliphatic hydroxyl groups excluding tert-OH is 1. The average Bonchev–Trinajstić information content (AvgIpc) is 2.83. The van der Waals surface area contributed by atoms with Crippen molar-refractivity contribution in [2.75, 3.05) is 19.7 Å². The van der Waals surface area contributed by atoms with Gasteiger partial charge in [-0.05, 0) is 37.3 Å². The van der Waals surface area contributed by atoms with Gasteiger partial charge in [0.1, 0.15) is 0 Å². The van der Waals surface area contributed by atoms with E-state index >= 15 is 0 Å². The molecule has 1 fully saturated rings. The summed E-state index contributed by atoms with van der Waals surface area (Å²) in [5.74, 6) is 0.957. The van der Waals surface area contributed by atoms with E-state index < -0.39 is 0 Å². The molecule has 16 heavy (non-hydrogen) atoms. The van der Waals surface area contributed by atoms with Crippen LogP contribution in [-0.4, -0.2) is 35.6 Å². The Labute approximate surface area is 94.9 Å². The SMILES string of the molecule is O=C(c1ccco1)N1CCC(CCO)CC1. The molecular weight excluding hydrogens is 206 g/mol. The van der Waals surface area contributed by atoms with Gasteiger partial charge in [-0.3, -0.25) is 4.79 Å². The number of furan rings is 1. The average molecular weight is 223 g/mol. The van der Waals surface area contributed by atoms with E-state index in [1.165, 1.54) is 6.26 Å². The maximum Gasteiger partial charge on any atom is 0.289 e. The molecule has 1 aromatic heterocycles. The van der Waals surface area contributed by atoms with Gasteiger partial charge in [0.05, 0.1) is 6.26 Å². The Balaban J connectivity index is 1.87. The highest BCUT2D eigenvalue weighted by Gasteiger charge is 2.24. The van der Waals surface area contributed by atoms with E-state index in [9.17, 15) is 4.79 Å². The zero-order valence-electron chi connectivity index (χ0n) is 9.26. The fourth-order valence-electron chi connectivity index (χ4n) is 2.16. The molecule has 0 atom stereocenters. The molecule has 2 heterocycles. The summed E-state index contributed by atoms with van der Waals surface area (Å²) in [4.78, 5) is 13.7. The zero-order chi connectivity index (χ0) is 11.4. The molecule has 1 aliphatic rings. The highest BCUT2D eigenvalue weighted by atomic mass is 16.3. The lowest BCUT2D eigenvalue weighted by Gasteiger charge is -2.31. The number of carbonyl (C=O) groups is 1. The molecule has 0 saturated carbocycles. The monoisotopic (exact) mass is 223 g/mol. The molecule has 0 bridgehead atoms. The summed E-state index contributed by atoms with van der Waals surface area (Å²) in [5.41, 5.74) is 0. The van der Waals surface area contributed by atoms with E-state index in [-0.39, 0.29) is 12.5 Å². The van der Waals surface area contributed by atoms with Gasteiger partial charge < -0.3 is 14.4 Å². The number of carbonyl (C=O) groups excluding carboxylic acids is 1. The third-order valence-electron chi connectivity index (χ3n) is 3.17. The van der Waals surface area contributed by atoms with Crippen LogP contribution in [0.4, 0.5) is 0 Å². The summed E-state index contributed by atoms with van der Waals surface area (Å²) in [6.07, 6.45) is 4.33. The van der Waals surface area contributed by atoms with Gasteiger partial charge in [0.15, 0.2) is 5.76 Å². The fourth-order valence-corrected chi connectivity index (χ4v) is 2.16. The predicted octanol–water partition coefficient (Wildman–Crippen LogP) is 1.51. The first kappa shape index (κ1) is 11.2. The van der Waals surface area contributed by atoms with E-state index in [1.54, 1.807) is 12.1 Å². The third kappa shape index (κ3) is 2.44. The number of likely N-dealkylation sites (tertiary alicyclic amines) is 1. The Morgan fingerprint density at radius 1 is 1.50 bits per heavy atom. The first-order valence-electron chi connectivity index (χ1n) is 5.75. The molecule has 88 valence electrons. The molecule has 4 heteroatoms. The first-order valence-corrected chi connectivity index (χ1v) is 5.75. The Hall–Kier alpha value is -1.29. The second kappa shape index (κ2) is 5.16. The van der Waals surface area contributed by atoms with Crippen molar-refractivity contribution in [2.24, 2.45) is 5.92 Å². The standard InChI is InChI=1S/C12H17NO3/c14-8-5-10-3-6-13(7-4-10)12(15)11-2-1-9-16-11/h1-2,9-10,14H,3-8H2. The van der Waals surface area contributed by atoms with Gasteiger partial charge in [-0.15, -0.1) is 0 Å². The third-order valence-corrected chi connectivity index (χ3v) is 3.17. The van der Waals surface area contributed by atoms with Crippen LogP contribution in [0.25, 0.3) is 0 Å². The van der Waals surface area contributed by atoms with Crippen LogP contribution in [0.2, 0.25) is 0 Å². The number of piperidine rings is 1. The Morgan fingerprint density at radius 2 is 2.25 bits per heavy atom. The Kier molecular flexibility index (Phi) is 3.62. The van der Waals surface area contributed by atoms with Crippen LogP contribution in [0.1, 0.15) is 29.8 Å². The van der Waals surface area contributed by atoms with Gasteiger partial charge >= 0.3 is 0 Å². The van der Waals surface area contributed by atoms with Crippen LogP contribution < -0.4 is 0 Å². The molecule has 0 aromatic carbocycles. The molecule has 1 aliphatic heterocycles. The number of hydrogen-bond acceptors (Lipinski definition) is 3. The second-order valence-corrected chi connectivity index (χ2v) is 4.23. The maximum absolute atomic E-state index is 11.9. The molecular formula is C12H17NO3. The van der Waals surface area contributed by atoms with E-state index in [0.717, 1.165) is 32.4 Å². The second-order valence-electron chi connectivity index (χ2n) is 4.23. The van der Waals surface area contributed by atoms with Crippen LogP contribution in [0.3, 0.4) is 0 Å². The predicted molar refractivity (Wildman–Crippen MR) is 59.0 cm³/mol. The van der Waals surface area contributed by atoms with Gasteiger partial charge in [-0.2, -0.15) is 0 Å². The van der Waals surface area contributed by atoms with Crippen molar-refractivity contribution >= 4 is 5.91 Å². The van der Waals surface area contributed by atoms with Crippen molar-refractivity contribution in [3.05, 3.63) is 24.2 Å². The van der Waals surface area contributed by atoms with Crippen LogP contribution in [0.15, 0.2) is 22.8 Å². The minimum atomic E-state index is -0.0209. The summed E-state index contributed by atoms with van der Waals surface area (Å²) in [6, 6.07) is 3.42. The smallest absolute Gasteiger partial charge is 0.289 e. The minimum absolute atomic E-state index is 0.0209. The van der Waals surface area contributed by atoms with Crippen molar-refractivity contribution in [1.29, 1.82) is 0 Å². The molecule has 4 nitrogen and oxygen atoms in total. The highest BCUT2D eigenvalue weighted by molar-refractivity contribution is 5.91. The Bertz CT molecular complexity index is 326. The van der Waals surface area contributed by atoms with Gasteiger partial charge in [0, 0.05) is 19.7 Å². The lowest BCUT2D eigenvalue weighted by Crippen LogP contribution is -2.38. The van der Waals surface area contributed by atoms with Crippen LogP contribution in [0, 0.1) is 5.92 Å². The van der Waals surface area contributed by atoms with E-state index in [4.69, 9.17) is 9.52 Å². The fraction of sp³-hybridized carbons (Fsp3) is 0.583. The van der Waals surface area contributed by atoms with Gasteiger partial charge in [0.2, 0.25) is 0 Å². The van der Waals surface area contributed by atoms with Crippen LogP contribution in [0.5, 0.6) is 0 Å². The van der Waals surface area contributed by atoms with E-state index in [1.807, 2.05) is 4.90 Å². The number of rotatable bonds is 3. The summed E-state index contributed by atoms with van der Waals surface area (Å²) in [6.45, 7) is 1.78. The van der Waals surface area contributed by atoms with Crippen LogP contribution in [-0.2, 0) is 0 Å². The first-order chi connectivity index (χ1) is 7.81. The molecule has 0 aliphatic carbocycles. The van der Waals surface area contributed by atoms with Gasteiger partial charge in [-0.1, -0.05) is 0 Å². The van der Waals surface area contributed by atoms with Crippen molar-refractivity contribution < 1.29 is 14.3 Å². The molecule has 2 rings (SSSR count). The molecule has 1 N–H and O–H groups in total. The number of hydrogen-bond donors (Lipinski definition) is 1. The van der Waals surface area contributed by atoms with Gasteiger partial charge in [0.25, 0.3) is 5.91 Å². The summed E-state index contributed by atoms with van der Waals surface area (Å²) < 4.78 is 5.09. The minimum Gasteiger partial charge on any atom is -0.459 e. The molecule has 1 saturated heterocycles. The summed E-state index contributed by atoms with van der Waals surface area (Å²) in [7, 11) is 0. The highest BCUT2D eigenvalue weighted by Crippen LogP contribution is 2.21. The number of aliphatic hydroxyl groups is 1. The lowest BCUT2D eigenvalue weighted by atomic mass is 9.94. The maximum atomic E-state index is 11.9. The van der Waals surface area contributed by atoms with Gasteiger partial charge in [-0.25, -0.2) is 0 Å². The van der Waals surface area contributed by atoms with Crippen molar-refractivity contribution in [3.63, 3.8) is 0 Å². The summed E-state index contributed by atoms with van der Waals surface area (Å²) in [5, 5.41) is 8.85. The van der Waals surface area contributed by atoms with Crippen LogP contribution >= 0.6 is 0 Å². The topological polar surface area (TPSA) is 53.7 Å². The normalized spacial score (nSPS) is 17.7. The largest absolute Gasteiger partial charge is 0.459 e. The molecule has 0 unspecified atom stereocenters. The quantitative estimate of drug-likeness (QED) is 0.845. The molecule has 1 amide bonds. The van der Waals surface area contributed by atoms with E-state index in [0.29, 0.717) is 11.7 Å². The molecule has 0 radical (unpaired) electrons. The van der Waals surface area contributed by atoms with Crippen molar-refractivity contribution in [3.8, 4) is 0 Å². The molecule has 1 aromatic rings.